The molecule has 0 saturated heterocycles. The van der Waals surface area contributed by atoms with E-state index in [0.717, 1.165) is 17.0 Å². The summed E-state index contributed by atoms with van der Waals surface area (Å²) in [6.07, 6.45) is 2.08. The highest BCUT2D eigenvalue weighted by Crippen LogP contribution is 2.17. The second-order valence-corrected chi connectivity index (χ2v) is 2.80. The first kappa shape index (κ1) is 8.08. The Morgan fingerprint density at radius 3 is 2.64 bits per heavy atom. The molecular formula is C9H14N2. The van der Waals surface area contributed by atoms with Gasteiger partial charge in [0.15, 0.2) is 0 Å². The fourth-order valence-electron chi connectivity index (χ4n) is 1.28. The molecule has 0 atom stereocenters. The van der Waals surface area contributed by atoms with Crippen molar-refractivity contribution in [1.82, 2.24) is 5.32 Å². The SMILES string of the molecule is C=C1NC(C)=CC(C)=C1CN. The molecule has 11 heavy (non-hydrogen) atoms. The lowest BCUT2D eigenvalue weighted by Crippen LogP contribution is -2.21. The van der Waals surface area contributed by atoms with Crippen molar-refractivity contribution in [2.45, 2.75) is 13.8 Å². The molecule has 0 radical (unpaired) electrons. The van der Waals surface area contributed by atoms with E-state index >= 15 is 0 Å². The van der Waals surface area contributed by atoms with Gasteiger partial charge in [-0.3, -0.25) is 0 Å². The number of dihydropyridines is 1. The molecule has 0 aromatic carbocycles. The second kappa shape index (κ2) is 2.93. The Balaban J connectivity index is 3.02. The first-order chi connectivity index (χ1) is 5.15. The van der Waals surface area contributed by atoms with Gasteiger partial charge in [-0.15, -0.1) is 0 Å². The highest BCUT2D eigenvalue weighted by Gasteiger charge is 2.08. The van der Waals surface area contributed by atoms with Crippen LogP contribution in [0.15, 0.2) is 35.2 Å². The maximum absolute atomic E-state index is 5.54. The molecule has 0 saturated carbocycles. The van der Waals surface area contributed by atoms with Crippen molar-refractivity contribution >= 4 is 0 Å². The van der Waals surface area contributed by atoms with Gasteiger partial charge in [0, 0.05) is 17.9 Å². The van der Waals surface area contributed by atoms with Gasteiger partial charge in [0.2, 0.25) is 0 Å². The van der Waals surface area contributed by atoms with Crippen LogP contribution in [0, 0.1) is 0 Å². The molecule has 0 aromatic heterocycles. The molecular weight excluding hydrogens is 136 g/mol. The number of allylic oxidation sites excluding steroid dienone is 3. The first-order valence-electron chi connectivity index (χ1n) is 3.69. The Labute approximate surface area is 67.5 Å². The van der Waals surface area contributed by atoms with Crippen molar-refractivity contribution < 1.29 is 0 Å². The Bertz CT molecular complexity index is 246. The summed E-state index contributed by atoms with van der Waals surface area (Å²) in [5.74, 6) is 0. The summed E-state index contributed by atoms with van der Waals surface area (Å²) in [5.41, 5.74) is 9.94. The lowest BCUT2D eigenvalue weighted by atomic mass is 10.0. The molecule has 2 nitrogen and oxygen atoms in total. The predicted molar refractivity (Wildman–Crippen MR) is 47.8 cm³/mol. The second-order valence-electron chi connectivity index (χ2n) is 2.80. The Kier molecular flexibility index (Phi) is 2.15. The third kappa shape index (κ3) is 1.52. The van der Waals surface area contributed by atoms with Crippen molar-refractivity contribution in [3.05, 3.63) is 35.2 Å². The third-order valence-electron chi connectivity index (χ3n) is 1.83. The smallest absolute Gasteiger partial charge is 0.0356 e. The van der Waals surface area contributed by atoms with Crippen molar-refractivity contribution in [2.75, 3.05) is 6.54 Å². The normalized spacial score (nSPS) is 18.1. The van der Waals surface area contributed by atoms with Crippen molar-refractivity contribution in [3.8, 4) is 0 Å². The predicted octanol–water partition coefficient (Wildman–Crippen LogP) is 1.28. The average Bonchev–Trinajstić information content (AvgIpc) is 1.85. The van der Waals surface area contributed by atoms with E-state index in [4.69, 9.17) is 5.73 Å². The topological polar surface area (TPSA) is 38.0 Å². The molecule has 0 aromatic rings. The summed E-state index contributed by atoms with van der Waals surface area (Å²) in [7, 11) is 0. The summed E-state index contributed by atoms with van der Waals surface area (Å²) in [5, 5.41) is 3.14. The summed E-state index contributed by atoms with van der Waals surface area (Å²) in [6, 6.07) is 0. The lowest BCUT2D eigenvalue weighted by molar-refractivity contribution is 0.921. The number of nitrogens with two attached hydrogens (primary N) is 1. The molecule has 0 fully saturated rings. The van der Waals surface area contributed by atoms with Crippen LogP contribution in [0.5, 0.6) is 0 Å². The molecule has 0 aliphatic carbocycles. The fourth-order valence-corrected chi connectivity index (χ4v) is 1.28. The van der Waals surface area contributed by atoms with E-state index in [0.29, 0.717) is 6.54 Å². The molecule has 1 aliphatic heterocycles. The van der Waals surface area contributed by atoms with Gasteiger partial charge in [0.25, 0.3) is 0 Å². The standard InChI is InChI=1S/C9H14N2/c1-6-4-7(2)11-8(3)9(6)5-10/h4,11H,3,5,10H2,1-2H3. The highest BCUT2D eigenvalue weighted by molar-refractivity contribution is 5.44. The molecule has 0 amide bonds. The van der Waals surface area contributed by atoms with E-state index in [-0.39, 0.29) is 0 Å². The lowest BCUT2D eigenvalue weighted by Gasteiger charge is -2.19. The molecule has 0 bridgehead atoms. The van der Waals surface area contributed by atoms with Gasteiger partial charge >= 0.3 is 0 Å². The van der Waals surface area contributed by atoms with Crippen LogP contribution in [0.25, 0.3) is 0 Å². The minimum atomic E-state index is 0.557. The van der Waals surface area contributed by atoms with E-state index in [1.54, 1.807) is 0 Å². The summed E-state index contributed by atoms with van der Waals surface area (Å²) < 4.78 is 0. The van der Waals surface area contributed by atoms with Gasteiger partial charge in [0.05, 0.1) is 0 Å². The Morgan fingerprint density at radius 2 is 2.18 bits per heavy atom. The van der Waals surface area contributed by atoms with Crippen LogP contribution < -0.4 is 11.1 Å². The minimum Gasteiger partial charge on any atom is -0.359 e. The molecule has 60 valence electrons. The molecule has 1 aliphatic rings. The van der Waals surface area contributed by atoms with Gasteiger partial charge in [0.1, 0.15) is 0 Å². The largest absolute Gasteiger partial charge is 0.359 e. The maximum Gasteiger partial charge on any atom is 0.0356 e. The third-order valence-corrected chi connectivity index (χ3v) is 1.83. The number of hydrogen-bond donors (Lipinski definition) is 2. The highest BCUT2D eigenvalue weighted by atomic mass is 14.9. The van der Waals surface area contributed by atoms with Crippen LogP contribution in [0.1, 0.15) is 13.8 Å². The van der Waals surface area contributed by atoms with Crippen LogP contribution >= 0.6 is 0 Å². The number of nitrogens with one attached hydrogen (secondary N) is 1. The number of hydrogen-bond acceptors (Lipinski definition) is 2. The molecule has 1 rings (SSSR count). The zero-order chi connectivity index (χ0) is 8.43. The van der Waals surface area contributed by atoms with Crippen LogP contribution in [0.4, 0.5) is 0 Å². The molecule has 2 heteroatoms. The van der Waals surface area contributed by atoms with E-state index in [1.807, 2.05) is 6.92 Å². The van der Waals surface area contributed by atoms with E-state index in [2.05, 4.69) is 24.9 Å². The summed E-state index contributed by atoms with van der Waals surface area (Å²) in [4.78, 5) is 0. The molecule has 0 spiro atoms. The zero-order valence-electron chi connectivity index (χ0n) is 7.07. The van der Waals surface area contributed by atoms with Gasteiger partial charge in [-0.05, 0) is 31.1 Å². The minimum absolute atomic E-state index is 0.557. The van der Waals surface area contributed by atoms with E-state index in [1.165, 1.54) is 5.57 Å². The van der Waals surface area contributed by atoms with E-state index < -0.39 is 0 Å². The monoisotopic (exact) mass is 150 g/mol. The van der Waals surface area contributed by atoms with Crippen LogP contribution in [-0.4, -0.2) is 6.54 Å². The maximum atomic E-state index is 5.54. The van der Waals surface area contributed by atoms with Gasteiger partial charge < -0.3 is 11.1 Å². The van der Waals surface area contributed by atoms with Gasteiger partial charge in [-0.2, -0.15) is 0 Å². The van der Waals surface area contributed by atoms with Gasteiger partial charge in [-0.1, -0.05) is 6.58 Å². The first-order valence-corrected chi connectivity index (χ1v) is 3.69. The zero-order valence-corrected chi connectivity index (χ0v) is 7.07. The van der Waals surface area contributed by atoms with Crippen molar-refractivity contribution in [1.29, 1.82) is 0 Å². The fraction of sp³-hybridized carbons (Fsp3) is 0.333. The van der Waals surface area contributed by atoms with Crippen LogP contribution in [0.2, 0.25) is 0 Å². The summed E-state index contributed by atoms with van der Waals surface area (Å²) in [6.45, 7) is 8.50. The van der Waals surface area contributed by atoms with Gasteiger partial charge in [-0.25, -0.2) is 0 Å². The Hall–Kier alpha value is -1.02. The molecule has 0 unspecified atom stereocenters. The Morgan fingerprint density at radius 1 is 1.55 bits per heavy atom. The summed E-state index contributed by atoms with van der Waals surface area (Å²) >= 11 is 0. The van der Waals surface area contributed by atoms with Crippen LogP contribution in [0.3, 0.4) is 0 Å². The quantitative estimate of drug-likeness (QED) is 0.591. The van der Waals surface area contributed by atoms with Crippen LogP contribution in [-0.2, 0) is 0 Å². The average molecular weight is 150 g/mol. The number of rotatable bonds is 1. The van der Waals surface area contributed by atoms with Crippen molar-refractivity contribution in [3.63, 3.8) is 0 Å². The van der Waals surface area contributed by atoms with E-state index in [9.17, 15) is 0 Å². The molecule has 1 heterocycles. The molecule has 3 N–H and O–H groups in total. The van der Waals surface area contributed by atoms with Crippen molar-refractivity contribution in [2.24, 2.45) is 5.73 Å².